The van der Waals surface area contributed by atoms with E-state index in [2.05, 4.69) is 22.2 Å². The molecule has 0 spiro atoms. The normalized spacial score (nSPS) is 18.4. The number of fused-ring (bicyclic) bond motifs is 1. The number of aromatic nitrogens is 1. The van der Waals surface area contributed by atoms with Crippen LogP contribution in [0, 0.1) is 5.92 Å². The molecule has 2 atom stereocenters. The Morgan fingerprint density at radius 3 is 3.07 bits per heavy atom. The van der Waals surface area contributed by atoms with Crippen LogP contribution in [0.5, 0.6) is 5.75 Å². The number of benzene rings is 1. The van der Waals surface area contributed by atoms with Crippen LogP contribution >= 0.6 is 0 Å². The number of carbonyl (C=O) groups excluding carboxylic acids is 1. The molecule has 6 nitrogen and oxygen atoms in total. The summed E-state index contributed by atoms with van der Waals surface area (Å²) in [4.78, 5) is 20.7. The Kier molecular flexibility index (Phi) is 6.27. The quantitative estimate of drug-likeness (QED) is 0.435. The van der Waals surface area contributed by atoms with Crippen LogP contribution in [-0.2, 0) is 9.53 Å². The summed E-state index contributed by atoms with van der Waals surface area (Å²) in [6, 6.07) is 8.21. The molecule has 0 saturated carbocycles. The van der Waals surface area contributed by atoms with Gasteiger partial charge in [-0.05, 0) is 38.8 Å². The summed E-state index contributed by atoms with van der Waals surface area (Å²) in [5.74, 6) is 0.535. The second-order valence-electron chi connectivity index (χ2n) is 6.97. The highest BCUT2D eigenvalue weighted by Gasteiger charge is 2.28. The molecule has 2 aromatic rings. The number of methoxy groups -OCH3 is 1. The molecule has 3 rings (SSSR count). The van der Waals surface area contributed by atoms with Crippen molar-refractivity contribution in [3.63, 3.8) is 0 Å². The molecule has 1 N–H and O–H groups in total. The lowest BCUT2D eigenvalue weighted by molar-refractivity contribution is -0.139. The van der Waals surface area contributed by atoms with E-state index in [-0.39, 0.29) is 17.9 Å². The average Bonchev–Trinajstić information content (AvgIpc) is 3.11. The molecule has 1 aromatic carbocycles. The first-order valence-electron chi connectivity index (χ1n) is 9.45. The maximum atomic E-state index is 11.6. The first-order valence-corrected chi connectivity index (χ1v) is 9.45. The molecule has 2 unspecified atom stereocenters. The van der Waals surface area contributed by atoms with Crippen LogP contribution < -0.4 is 10.1 Å². The molecule has 0 aliphatic carbocycles. The number of aliphatic imine (C=N–C) groups is 1. The minimum absolute atomic E-state index is 0.135. The number of esters is 1. The summed E-state index contributed by atoms with van der Waals surface area (Å²) >= 11 is 0. The van der Waals surface area contributed by atoms with Gasteiger partial charge in [-0.1, -0.05) is 6.07 Å². The molecule has 0 radical (unpaired) electrons. The SMILES string of the molecule is COc1cc(NC(C)CCCN=C(C)C2CCOC2=O)c2ncccc2c1. The van der Waals surface area contributed by atoms with Crippen molar-refractivity contribution in [3.05, 3.63) is 30.5 Å². The summed E-state index contributed by atoms with van der Waals surface area (Å²) in [7, 11) is 1.67. The predicted octanol–water partition coefficient (Wildman–Crippen LogP) is 3.85. The van der Waals surface area contributed by atoms with Gasteiger partial charge in [0.05, 0.1) is 30.8 Å². The van der Waals surface area contributed by atoms with E-state index >= 15 is 0 Å². The average molecular weight is 369 g/mol. The number of ether oxygens (including phenoxy) is 2. The van der Waals surface area contributed by atoms with Gasteiger partial charge in [0.2, 0.25) is 0 Å². The molecular formula is C21H27N3O3. The highest BCUT2D eigenvalue weighted by atomic mass is 16.5. The highest BCUT2D eigenvalue weighted by molar-refractivity contribution is 6.01. The Labute approximate surface area is 160 Å². The van der Waals surface area contributed by atoms with Crippen molar-refractivity contribution in [2.24, 2.45) is 10.9 Å². The lowest BCUT2D eigenvalue weighted by atomic mass is 10.0. The summed E-state index contributed by atoms with van der Waals surface area (Å²) in [6.07, 6.45) is 4.47. The number of anilines is 1. The van der Waals surface area contributed by atoms with Gasteiger partial charge in [-0.25, -0.2) is 0 Å². The molecule has 144 valence electrons. The molecule has 27 heavy (non-hydrogen) atoms. The van der Waals surface area contributed by atoms with Crippen LogP contribution in [0.4, 0.5) is 5.69 Å². The molecule has 1 aliphatic heterocycles. The fraction of sp³-hybridized carbons (Fsp3) is 0.476. The Hall–Kier alpha value is -2.63. The molecule has 1 saturated heterocycles. The van der Waals surface area contributed by atoms with Gasteiger partial charge < -0.3 is 14.8 Å². The molecule has 1 aromatic heterocycles. The highest BCUT2D eigenvalue weighted by Crippen LogP contribution is 2.28. The van der Waals surface area contributed by atoms with Gasteiger partial charge >= 0.3 is 5.97 Å². The van der Waals surface area contributed by atoms with Gasteiger partial charge in [-0.15, -0.1) is 0 Å². The zero-order valence-electron chi connectivity index (χ0n) is 16.2. The Morgan fingerprint density at radius 1 is 1.48 bits per heavy atom. The predicted molar refractivity (Wildman–Crippen MR) is 108 cm³/mol. The summed E-state index contributed by atoms with van der Waals surface area (Å²) in [5.41, 5.74) is 2.81. The zero-order chi connectivity index (χ0) is 19.2. The van der Waals surface area contributed by atoms with Crippen molar-refractivity contribution in [3.8, 4) is 5.75 Å². The summed E-state index contributed by atoms with van der Waals surface area (Å²) in [6.45, 7) is 5.31. The van der Waals surface area contributed by atoms with Crippen molar-refractivity contribution in [2.45, 2.75) is 39.2 Å². The molecule has 6 heteroatoms. The minimum Gasteiger partial charge on any atom is -0.497 e. The first kappa shape index (κ1) is 19.1. The van der Waals surface area contributed by atoms with Crippen molar-refractivity contribution in [1.29, 1.82) is 0 Å². The molecular weight excluding hydrogens is 342 g/mol. The zero-order valence-corrected chi connectivity index (χ0v) is 16.2. The summed E-state index contributed by atoms with van der Waals surface area (Å²) in [5, 5.41) is 4.60. The lowest BCUT2D eigenvalue weighted by Crippen LogP contribution is -2.18. The molecule has 0 bridgehead atoms. The Bertz CT molecular complexity index is 835. The third-order valence-electron chi connectivity index (χ3n) is 4.91. The number of cyclic esters (lactones) is 1. The van der Waals surface area contributed by atoms with Gasteiger partial charge in [0.25, 0.3) is 0 Å². The molecule has 2 heterocycles. The van der Waals surface area contributed by atoms with Crippen LogP contribution in [0.2, 0.25) is 0 Å². The largest absolute Gasteiger partial charge is 0.497 e. The van der Waals surface area contributed by atoms with Crippen LogP contribution in [0.25, 0.3) is 10.9 Å². The van der Waals surface area contributed by atoms with Crippen molar-refractivity contribution in [2.75, 3.05) is 25.6 Å². The van der Waals surface area contributed by atoms with Gasteiger partial charge in [0, 0.05) is 42.4 Å². The van der Waals surface area contributed by atoms with Crippen molar-refractivity contribution < 1.29 is 14.3 Å². The van der Waals surface area contributed by atoms with E-state index in [4.69, 9.17) is 9.47 Å². The maximum Gasteiger partial charge on any atom is 0.314 e. The second kappa shape index (κ2) is 8.84. The number of hydrogen-bond acceptors (Lipinski definition) is 6. The Morgan fingerprint density at radius 2 is 2.33 bits per heavy atom. The van der Waals surface area contributed by atoms with Gasteiger partial charge in [-0.3, -0.25) is 14.8 Å². The van der Waals surface area contributed by atoms with E-state index in [0.717, 1.165) is 53.9 Å². The number of hydrogen-bond donors (Lipinski definition) is 1. The monoisotopic (exact) mass is 369 g/mol. The van der Waals surface area contributed by atoms with Gasteiger partial charge in [0.15, 0.2) is 0 Å². The van der Waals surface area contributed by atoms with E-state index in [1.54, 1.807) is 13.3 Å². The second-order valence-corrected chi connectivity index (χ2v) is 6.97. The molecule has 1 aliphatic rings. The number of carbonyl (C=O) groups is 1. The van der Waals surface area contributed by atoms with E-state index in [0.29, 0.717) is 6.61 Å². The van der Waals surface area contributed by atoms with E-state index in [9.17, 15) is 4.79 Å². The fourth-order valence-corrected chi connectivity index (χ4v) is 3.37. The number of pyridine rings is 1. The Balaban J connectivity index is 1.56. The van der Waals surface area contributed by atoms with E-state index in [1.165, 1.54) is 0 Å². The number of rotatable bonds is 8. The number of nitrogens with one attached hydrogen (secondary N) is 1. The standard InChI is InChI=1S/C21H27N3O3/c1-14(6-4-9-22-15(2)18-8-11-27-21(18)25)24-19-13-17(26-3)12-16-7-5-10-23-20(16)19/h5,7,10,12-14,18,24H,4,6,8-9,11H2,1-3H3. The third kappa shape index (κ3) is 4.76. The van der Waals surface area contributed by atoms with Crippen LogP contribution in [0.1, 0.15) is 33.1 Å². The van der Waals surface area contributed by atoms with Crippen LogP contribution in [-0.4, -0.2) is 43.0 Å². The minimum atomic E-state index is -0.144. The maximum absolute atomic E-state index is 11.6. The fourth-order valence-electron chi connectivity index (χ4n) is 3.37. The third-order valence-corrected chi connectivity index (χ3v) is 4.91. The van der Waals surface area contributed by atoms with Crippen LogP contribution in [0.3, 0.4) is 0 Å². The molecule has 0 amide bonds. The van der Waals surface area contributed by atoms with Gasteiger partial charge in [-0.2, -0.15) is 0 Å². The topological polar surface area (TPSA) is 72.8 Å². The summed E-state index contributed by atoms with van der Waals surface area (Å²) < 4.78 is 10.4. The lowest BCUT2D eigenvalue weighted by Gasteiger charge is -2.17. The number of nitrogens with zero attached hydrogens (tertiary/aromatic N) is 2. The first-order chi connectivity index (χ1) is 13.1. The van der Waals surface area contributed by atoms with Gasteiger partial charge in [0.1, 0.15) is 5.75 Å². The van der Waals surface area contributed by atoms with Crippen molar-refractivity contribution >= 4 is 28.3 Å². The van der Waals surface area contributed by atoms with Crippen LogP contribution in [0.15, 0.2) is 35.5 Å². The van der Waals surface area contributed by atoms with Crippen molar-refractivity contribution in [1.82, 2.24) is 4.98 Å². The van der Waals surface area contributed by atoms with E-state index in [1.807, 2.05) is 31.2 Å². The smallest absolute Gasteiger partial charge is 0.314 e. The van der Waals surface area contributed by atoms with E-state index < -0.39 is 0 Å². The molecule has 1 fully saturated rings.